The number of fused-ring (bicyclic) bond motifs is 1. The van der Waals surface area contributed by atoms with Crippen molar-refractivity contribution in [3.63, 3.8) is 0 Å². The molecule has 0 spiro atoms. The van der Waals surface area contributed by atoms with Crippen molar-refractivity contribution in [1.29, 1.82) is 0 Å². The third-order valence-corrected chi connectivity index (χ3v) is 6.27. The molecule has 0 amide bonds. The fourth-order valence-electron chi connectivity index (χ4n) is 4.78. The van der Waals surface area contributed by atoms with Gasteiger partial charge in [-0.25, -0.2) is 0 Å². The van der Waals surface area contributed by atoms with Crippen LogP contribution in [-0.2, 0) is 6.42 Å². The number of nitrogens with zero attached hydrogens (tertiary/aromatic N) is 2. The second-order valence-corrected chi connectivity index (χ2v) is 8.33. The maximum Gasteiger partial charge on any atom is 0.292 e. The van der Waals surface area contributed by atoms with E-state index in [1.54, 1.807) is 26.4 Å². The SMILES string of the molecule is CCCCCCCC1c2cc(OC)c(OC)cc2CC(C)N1c1ccccc1[N+](=O)[O-]. The Morgan fingerprint density at radius 3 is 2.42 bits per heavy atom. The molecule has 0 aromatic heterocycles. The Kier molecular flexibility index (Phi) is 7.77. The Morgan fingerprint density at radius 2 is 1.74 bits per heavy atom. The molecular weight excluding hydrogens is 392 g/mol. The summed E-state index contributed by atoms with van der Waals surface area (Å²) >= 11 is 0. The molecule has 31 heavy (non-hydrogen) atoms. The molecule has 0 aliphatic carbocycles. The van der Waals surface area contributed by atoms with Crippen molar-refractivity contribution in [3.05, 3.63) is 57.6 Å². The lowest BCUT2D eigenvalue weighted by molar-refractivity contribution is -0.384. The largest absolute Gasteiger partial charge is 0.493 e. The summed E-state index contributed by atoms with van der Waals surface area (Å²) in [5.74, 6) is 1.43. The van der Waals surface area contributed by atoms with Crippen LogP contribution in [0.25, 0.3) is 0 Å². The predicted molar refractivity (Wildman–Crippen MR) is 124 cm³/mol. The lowest BCUT2D eigenvalue weighted by atomic mass is 9.85. The number of ether oxygens (including phenoxy) is 2. The number of rotatable bonds is 10. The normalized spacial score (nSPS) is 17.9. The monoisotopic (exact) mass is 426 g/mol. The van der Waals surface area contributed by atoms with Crippen LogP contribution < -0.4 is 14.4 Å². The molecule has 1 aliphatic heterocycles. The van der Waals surface area contributed by atoms with E-state index in [0.29, 0.717) is 11.4 Å². The summed E-state index contributed by atoms with van der Waals surface area (Å²) in [7, 11) is 3.30. The molecule has 2 aromatic carbocycles. The first kappa shape index (κ1) is 22.9. The lowest BCUT2D eigenvalue weighted by Gasteiger charge is -2.43. The highest BCUT2D eigenvalue weighted by Crippen LogP contribution is 2.45. The molecule has 2 aromatic rings. The lowest BCUT2D eigenvalue weighted by Crippen LogP contribution is -2.42. The fourth-order valence-corrected chi connectivity index (χ4v) is 4.78. The van der Waals surface area contributed by atoms with Gasteiger partial charge in [-0.05, 0) is 49.1 Å². The smallest absolute Gasteiger partial charge is 0.292 e. The van der Waals surface area contributed by atoms with Gasteiger partial charge in [0.1, 0.15) is 5.69 Å². The van der Waals surface area contributed by atoms with Gasteiger partial charge in [-0.15, -0.1) is 0 Å². The van der Waals surface area contributed by atoms with E-state index in [-0.39, 0.29) is 22.7 Å². The molecule has 1 aliphatic rings. The minimum atomic E-state index is -0.273. The van der Waals surface area contributed by atoms with E-state index >= 15 is 0 Å². The van der Waals surface area contributed by atoms with Crippen LogP contribution in [0.3, 0.4) is 0 Å². The molecule has 3 rings (SSSR count). The molecule has 6 nitrogen and oxygen atoms in total. The third kappa shape index (κ3) is 4.94. The van der Waals surface area contributed by atoms with E-state index in [1.165, 1.54) is 36.8 Å². The van der Waals surface area contributed by atoms with Gasteiger partial charge in [-0.1, -0.05) is 51.2 Å². The molecule has 6 heteroatoms. The molecule has 0 saturated carbocycles. The van der Waals surface area contributed by atoms with Crippen molar-refractivity contribution < 1.29 is 14.4 Å². The van der Waals surface area contributed by atoms with Crippen molar-refractivity contribution >= 4 is 11.4 Å². The van der Waals surface area contributed by atoms with Gasteiger partial charge in [0.05, 0.1) is 25.2 Å². The first-order chi connectivity index (χ1) is 15.0. The summed E-state index contributed by atoms with van der Waals surface area (Å²) in [5.41, 5.74) is 3.27. The molecule has 0 bridgehead atoms. The summed E-state index contributed by atoms with van der Waals surface area (Å²) in [6.07, 6.45) is 7.69. The van der Waals surface area contributed by atoms with Gasteiger partial charge in [0, 0.05) is 12.1 Å². The highest BCUT2D eigenvalue weighted by atomic mass is 16.6. The molecule has 0 saturated heterocycles. The van der Waals surface area contributed by atoms with Crippen LogP contribution in [0.2, 0.25) is 0 Å². The van der Waals surface area contributed by atoms with Crippen LogP contribution in [-0.4, -0.2) is 25.2 Å². The van der Waals surface area contributed by atoms with E-state index in [4.69, 9.17) is 9.47 Å². The van der Waals surface area contributed by atoms with Crippen LogP contribution >= 0.6 is 0 Å². The first-order valence-electron chi connectivity index (χ1n) is 11.3. The minimum absolute atomic E-state index is 0.0567. The summed E-state index contributed by atoms with van der Waals surface area (Å²) in [4.78, 5) is 13.8. The maximum absolute atomic E-state index is 11.8. The number of unbranched alkanes of at least 4 members (excludes halogenated alkanes) is 4. The molecule has 0 N–H and O–H groups in total. The third-order valence-electron chi connectivity index (χ3n) is 6.27. The number of methoxy groups -OCH3 is 2. The van der Waals surface area contributed by atoms with Crippen molar-refractivity contribution in [2.45, 2.75) is 70.9 Å². The molecular formula is C25H34N2O4. The van der Waals surface area contributed by atoms with E-state index in [2.05, 4.69) is 30.9 Å². The van der Waals surface area contributed by atoms with E-state index in [1.807, 2.05) is 12.1 Å². The first-order valence-corrected chi connectivity index (χ1v) is 11.3. The second-order valence-electron chi connectivity index (χ2n) is 8.33. The average Bonchev–Trinajstić information content (AvgIpc) is 2.77. The molecule has 0 radical (unpaired) electrons. The number of hydrogen-bond donors (Lipinski definition) is 0. The topological polar surface area (TPSA) is 64.8 Å². The predicted octanol–water partition coefficient (Wildman–Crippen LogP) is 6.46. The van der Waals surface area contributed by atoms with Gasteiger partial charge in [0.25, 0.3) is 5.69 Å². The number of para-hydroxylation sites is 2. The van der Waals surface area contributed by atoms with Gasteiger partial charge in [-0.2, -0.15) is 0 Å². The molecule has 0 fully saturated rings. The molecule has 2 atom stereocenters. The maximum atomic E-state index is 11.8. The number of benzene rings is 2. The minimum Gasteiger partial charge on any atom is -0.493 e. The number of anilines is 1. The molecule has 168 valence electrons. The van der Waals surface area contributed by atoms with Crippen molar-refractivity contribution in [2.75, 3.05) is 19.1 Å². The summed E-state index contributed by atoms with van der Waals surface area (Å²) in [6.45, 7) is 4.37. The summed E-state index contributed by atoms with van der Waals surface area (Å²) in [5, 5.41) is 11.8. The zero-order chi connectivity index (χ0) is 22.4. The van der Waals surface area contributed by atoms with E-state index in [9.17, 15) is 10.1 Å². The number of hydrogen-bond acceptors (Lipinski definition) is 5. The standard InChI is InChI=1S/C25H34N2O4/c1-5-6-7-8-9-12-21-20-17-25(31-4)24(30-3)16-19(20)15-18(2)26(21)22-13-10-11-14-23(22)27(28)29/h10-11,13-14,16-18,21H,5-9,12,15H2,1-4H3. The Balaban J connectivity index is 2.04. The molecule has 2 unspecified atom stereocenters. The number of nitro groups is 1. The highest BCUT2D eigenvalue weighted by Gasteiger charge is 2.36. The van der Waals surface area contributed by atoms with Gasteiger partial charge in [0.15, 0.2) is 11.5 Å². The zero-order valence-electron chi connectivity index (χ0n) is 19.1. The Hall–Kier alpha value is -2.76. The fraction of sp³-hybridized carbons (Fsp3) is 0.520. The van der Waals surface area contributed by atoms with Crippen LogP contribution in [0, 0.1) is 10.1 Å². The highest BCUT2D eigenvalue weighted by molar-refractivity contribution is 5.66. The second kappa shape index (κ2) is 10.5. The van der Waals surface area contributed by atoms with Crippen molar-refractivity contribution in [1.82, 2.24) is 0 Å². The molecule has 1 heterocycles. The van der Waals surface area contributed by atoms with E-state index in [0.717, 1.165) is 25.0 Å². The summed E-state index contributed by atoms with van der Waals surface area (Å²) < 4.78 is 11.1. The van der Waals surface area contributed by atoms with Crippen LogP contribution in [0.5, 0.6) is 11.5 Å². The zero-order valence-corrected chi connectivity index (χ0v) is 19.1. The van der Waals surface area contributed by atoms with Gasteiger partial charge >= 0.3 is 0 Å². The average molecular weight is 427 g/mol. The van der Waals surface area contributed by atoms with E-state index < -0.39 is 0 Å². The van der Waals surface area contributed by atoms with Gasteiger partial charge in [0.2, 0.25) is 0 Å². The summed E-state index contributed by atoms with van der Waals surface area (Å²) in [6, 6.07) is 11.4. The Bertz CT molecular complexity index is 899. The van der Waals surface area contributed by atoms with Crippen LogP contribution in [0.15, 0.2) is 36.4 Å². The Morgan fingerprint density at radius 1 is 1.06 bits per heavy atom. The van der Waals surface area contributed by atoms with Gasteiger partial charge in [-0.3, -0.25) is 10.1 Å². The van der Waals surface area contributed by atoms with Crippen LogP contribution in [0.4, 0.5) is 11.4 Å². The number of nitro benzene ring substituents is 1. The quantitative estimate of drug-likeness (QED) is 0.248. The van der Waals surface area contributed by atoms with Gasteiger partial charge < -0.3 is 14.4 Å². The van der Waals surface area contributed by atoms with Crippen molar-refractivity contribution in [3.8, 4) is 11.5 Å². The Labute approximate surface area is 185 Å². The van der Waals surface area contributed by atoms with Crippen molar-refractivity contribution in [2.24, 2.45) is 0 Å². The van der Waals surface area contributed by atoms with Crippen LogP contribution in [0.1, 0.15) is 69.5 Å².